The molecule has 0 saturated heterocycles. The molecule has 0 bridgehead atoms. The second-order valence-corrected chi connectivity index (χ2v) is 4.48. The van der Waals surface area contributed by atoms with Gasteiger partial charge in [0, 0.05) is 5.69 Å². The van der Waals surface area contributed by atoms with E-state index in [0.717, 1.165) is 17.8 Å². The summed E-state index contributed by atoms with van der Waals surface area (Å²) >= 11 is 0. The zero-order valence-electron chi connectivity index (χ0n) is 10.7. The zero-order valence-corrected chi connectivity index (χ0v) is 10.7. The first-order valence-electron chi connectivity index (χ1n) is 6.36. The number of benzene rings is 2. The van der Waals surface area contributed by atoms with Crippen LogP contribution in [0.1, 0.15) is 22.8 Å². The molecule has 2 aromatic carbocycles. The van der Waals surface area contributed by atoms with Gasteiger partial charge in [-0.25, -0.2) is 4.99 Å². The first kappa shape index (κ1) is 11.7. The molecule has 0 radical (unpaired) electrons. The maximum Gasteiger partial charge on any atom is 0.230 e. The van der Waals surface area contributed by atoms with E-state index in [2.05, 4.69) is 29.4 Å². The van der Waals surface area contributed by atoms with Crippen LogP contribution < -0.4 is 5.32 Å². The summed E-state index contributed by atoms with van der Waals surface area (Å²) in [6, 6.07) is 15.4. The molecule has 0 aliphatic carbocycles. The maximum atomic E-state index is 12.1. The SMILES string of the molecule is CCc1ccc(NC2=Nc3ccccc3C2=O)cc1. The van der Waals surface area contributed by atoms with Crippen LogP contribution in [0, 0.1) is 0 Å². The largest absolute Gasteiger partial charge is 0.337 e. The van der Waals surface area contributed by atoms with Crippen molar-refractivity contribution in [2.75, 3.05) is 5.32 Å². The molecule has 3 heteroatoms. The van der Waals surface area contributed by atoms with Crippen LogP contribution in [0.5, 0.6) is 0 Å². The van der Waals surface area contributed by atoms with Gasteiger partial charge in [0.25, 0.3) is 0 Å². The Hall–Kier alpha value is -2.42. The molecule has 3 nitrogen and oxygen atoms in total. The van der Waals surface area contributed by atoms with Crippen molar-refractivity contribution < 1.29 is 4.79 Å². The molecule has 0 amide bonds. The van der Waals surface area contributed by atoms with Crippen LogP contribution >= 0.6 is 0 Å². The molecular formula is C16H14N2O. The van der Waals surface area contributed by atoms with Crippen LogP contribution in [0.3, 0.4) is 0 Å². The third-order valence-electron chi connectivity index (χ3n) is 3.22. The number of anilines is 1. The molecule has 1 heterocycles. The summed E-state index contributed by atoms with van der Waals surface area (Å²) in [5, 5.41) is 3.09. The van der Waals surface area contributed by atoms with E-state index in [-0.39, 0.29) is 5.78 Å². The van der Waals surface area contributed by atoms with Crippen molar-refractivity contribution in [3.05, 3.63) is 59.7 Å². The molecule has 0 unspecified atom stereocenters. The molecule has 1 aliphatic rings. The Morgan fingerprint density at radius 1 is 1.05 bits per heavy atom. The van der Waals surface area contributed by atoms with Crippen LogP contribution in [0.25, 0.3) is 0 Å². The van der Waals surface area contributed by atoms with E-state index in [4.69, 9.17) is 0 Å². The number of hydrogen-bond donors (Lipinski definition) is 1. The van der Waals surface area contributed by atoms with Gasteiger partial charge in [-0.3, -0.25) is 4.79 Å². The zero-order chi connectivity index (χ0) is 13.2. The third-order valence-corrected chi connectivity index (χ3v) is 3.22. The molecule has 1 N–H and O–H groups in total. The summed E-state index contributed by atoms with van der Waals surface area (Å²) in [5.41, 5.74) is 3.56. The smallest absolute Gasteiger partial charge is 0.230 e. The monoisotopic (exact) mass is 250 g/mol. The fourth-order valence-electron chi connectivity index (χ4n) is 2.11. The molecule has 0 atom stereocenters. The average molecular weight is 250 g/mol. The fourth-order valence-corrected chi connectivity index (χ4v) is 2.11. The van der Waals surface area contributed by atoms with E-state index in [1.165, 1.54) is 5.56 Å². The quantitative estimate of drug-likeness (QED) is 0.885. The minimum absolute atomic E-state index is 0.0461. The van der Waals surface area contributed by atoms with Crippen LogP contribution in [-0.4, -0.2) is 11.6 Å². The van der Waals surface area contributed by atoms with Crippen molar-refractivity contribution in [3.8, 4) is 0 Å². The number of aryl methyl sites for hydroxylation is 1. The second kappa shape index (κ2) is 4.69. The summed E-state index contributed by atoms with van der Waals surface area (Å²) in [4.78, 5) is 16.5. The highest BCUT2D eigenvalue weighted by atomic mass is 16.1. The molecule has 2 aromatic rings. The van der Waals surface area contributed by atoms with Crippen molar-refractivity contribution in [2.45, 2.75) is 13.3 Å². The van der Waals surface area contributed by atoms with Gasteiger partial charge in [0.2, 0.25) is 5.78 Å². The number of amidine groups is 1. The highest BCUT2D eigenvalue weighted by Crippen LogP contribution is 2.26. The normalized spacial score (nSPS) is 13.1. The Labute approximate surface area is 112 Å². The Bertz CT molecular complexity index is 657. The molecule has 0 fully saturated rings. The van der Waals surface area contributed by atoms with Crippen molar-refractivity contribution in [2.24, 2.45) is 4.99 Å². The Balaban J connectivity index is 1.83. The summed E-state index contributed by atoms with van der Waals surface area (Å²) in [5.74, 6) is 0.348. The molecule has 1 aliphatic heterocycles. The topological polar surface area (TPSA) is 41.5 Å². The van der Waals surface area contributed by atoms with Gasteiger partial charge < -0.3 is 5.32 Å². The number of ketones is 1. The first-order valence-corrected chi connectivity index (χ1v) is 6.36. The van der Waals surface area contributed by atoms with E-state index in [1.54, 1.807) is 6.07 Å². The average Bonchev–Trinajstić information content (AvgIpc) is 2.77. The number of hydrogen-bond acceptors (Lipinski definition) is 3. The Kier molecular flexibility index (Phi) is 2.88. The summed E-state index contributed by atoms with van der Waals surface area (Å²) in [7, 11) is 0. The number of aliphatic imine (C=N–C) groups is 1. The number of para-hydroxylation sites is 1. The second-order valence-electron chi connectivity index (χ2n) is 4.48. The minimum atomic E-state index is -0.0461. The van der Waals surface area contributed by atoms with Gasteiger partial charge in [0.1, 0.15) is 0 Å². The minimum Gasteiger partial charge on any atom is -0.337 e. The van der Waals surface area contributed by atoms with Gasteiger partial charge in [-0.15, -0.1) is 0 Å². The molecule has 0 aromatic heterocycles. The van der Waals surface area contributed by atoms with Gasteiger partial charge in [0.05, 0.1) is 11.3 Å². The van der Waals surface area contributed by atoms with E-state index in [0.29, 0.717) is 11.4 Å². The summed E-state index contributed by atoms with van der Waals surface area (Å²) in [6.45, 7) is 2.11. The number of nitrogens with one attached hydrogen (secondary N) is 1. The van der Waals surface area contributed by atoms with Gasteiger partial charge in [-0.1, -0.05) is 31.2 Å². The number of carbonyl (C=O) groups is 1. The number of nitrogens with zero attached hydrogens (tertiary/aromatic N) is 1. The van der Waals surface area contributed by atoms with Crippen LogP contribution in [0.15, 0.2) is 53.5 Å². The predicted molar refractivity (Wildman–Crippen MR) is 77.3 cm³/mol. The first-order chi connectivity index (χ1) is 9.28. The molecule has 94 valence electrons. The highest BCUT2D eigenvalue weighted by Gasteiger charge is 2.23. The van der Waals surface area contributed by atoms with Gasteiger partial charge in [-0.05, 0) is 36.2 Å². The number of Topliss-reactive ketones (excluding diaryl/α,β-unsaturated/α-hetero) is 1. The van der Waals surface area contributed by atoms with Crippen LogP contribution in [-0.2, 0) is 6.42 Å². The molecule has 19 heavy (non-hydrogen) atoms. The van der Waals surface area contributed by atoms with Crippen molar-refractivity contribution in [3.63, 3.8) is 0 Å². The van der Waals surface area contributed by atoms with Crippen molar-refractivity contribution >= 4 is 23.0 Å². The number of rotatable bonds is 2. The maximum absolute atomic E-state index is 12.1. The highest BCUT2D eigenvalue weighted by molar-refractivity contribution is 6.52. The van der Waals surface area contributed by atoms with E-state index in [1.807, 2.05) is 30.3 Å². The lowest BCUT2D eigenvalue weighted by Crippen LogP contribution is -2.19. The van der Waals surface area contributed by atoms with Crippen molar-refractivity contribution in [1.82, 2.24) is 0 Å². The van der Waals surface area contributed by atoms with Gasteiger partial charge in [-0.2, -0.15) is 0 Å². The Morgan fingerprint density at radius 3 is 2.47 bits per heavy atom. The Morgan fingerprint density at radius 2 is 1.79 bits per heavy atom. The molecule has 0 spiro atoms. The van der Waals surface area contributed by atoms with E-state index >= 15 is 0 Å². The molecule has 0 saturated carbocycles. The number of carbonyl (C=O) groups excluding carboxylic acids is 1. The lowest BCUT2D eigenvalue weighted by atomic mass is 10.1. The molecular weight excluding hydrogens is 236 g/mol. The lowest BCUT2D eigenvalue weighted by molar-refractivity contribution is 0.106. The molecule has 3 rings (SSSR count). The lowest BCUT2D eigenvalue weighted by Gasteiger charge is -2.05. The van der Waals surface area contributed by atoms with E-state index < -0.39 is 0 Å². The number of fused-ring (bicyclic) bond motifs is 1. The van der Waals surface area contributed by atoms with Crippen molar-refractivity contribution in [1.29, 1.82) is 0 Å². The van der Waals surface area contributed by atoms with E-state index in [9.17, 15) is 4.79 Å². The standard InChI is InChI=1S/C16H14N2O/c1-2-11-7-9-12(10-8-11)17-16-15(19)13-5-3-4-6-14(13)18-16/h3-10H,2H2,1H3,(H,17,18,19). The third kappa shape index (κ3) is 2.15. The van der Waals surface area contributed by atoms with Gasteiger partial charge >= 0.3 is 0 Å². The fraction of sp³-hybridized carbons (Fsp3) is 0.125. The predicted octanol–water partition coefficient (Wildman–Crippen LogP) is 3.59. The summed E-state index contributed by atoms with van der Waals surface area (Å²) < 4.78 is 0. The summed E-state index contributed by atoms with van der Waals surface area (Å²) in [6.07, 6.45) is 1.01. The van der Waals surface area contributed by atoms with Gasteiger partial charge in [0.15, 0.2) is 5.84 Å². The van der Waals surface area contributed by atoms with Crippen LogP contribution in [0.4, 0.5) is 11.4 Å². The van der Waals surface area contributed by atoms with Crippen LogP contribution in [0.2, 0.25) is 0 Å².